The molecule has 1 atom stereocenters. The Hall–Kier alpha value is -1.91. The van der Waals surface area contributed by atoms with Crippen LogP contribution in [0.5, 0.6) is 5.75 Å². The summed E-state index contributed by atoms with van der Waals surface area (Å²) in [5.41, 5.74) is 1.49. The summed E-state index contributed by atoms with van der Waals surface area (Å²) in [7, 11) is 1.60. The maximum atomic E-state index is 10.8. The molecule has 4 heteroatoms. The van der Waals surface area contributed by atoms with Gasteiger partial charge in [-0.2, -0.15) is 0 Å². The molecule has 3 rings (SSSR count). The molecule has 0 aliphatic rings. The van der Waals surface area contributed by atoms with E-state index >= 15 is 0 Å². The van der Waals surface area contributed by atoms with E-state index in [4.69, 9.17) is 4.74 Å². The maximum absolute atomic E-state index is 10.8. The second-order valence-electron chi connectivity index (χ2n) is 4.74. The highest BCUT2D eigenvalue weighted by atomic mass is 79.9. The molecule has 0 aliphatic heterocycles. The van der Waals surface area contributed by atoms with Crippen LogP contribution < -0.4 is 4.74 Å². The molecule has 2 aromatic carbocycles. The molecule has 1 heterocycles. The van der Waals surface area contributed by atoms with Gasteiger partial charge in [-0.15, -0.1) is 0 Å². The summed E-state index contributed by atoms with van der Waals surface area (Å²) in [4.78, 5) is 4.22. The summed E-state index contributed by atoms with van der Waals surface area (Å²) < 4.78 is 6.28. The van der Waals surface area contributed by atoms with Crippen molar-refractivity contribution in [2.45, 2.75) is 6.10 Å². The van der Waals surface area contributed by atoms with Crippen LogP contribution in [0.2, 0.25) is 0 Å². The highest BCUT2D eigenvalue weighted by Gasteiger charge is 2.18. The number of fused-ring (bicyclic) bond motifs is 1. The Morgan fingerprint density at radius 1 is 1.10 bits per heavy atom. The first-order valence-corrected chi connectivity index (χ1v) is 7.34. The van der Waals surface area contributed by atoms with Crippen LogP contribution in [-0.4, -0.2) is 17.2 Å². The van der Waals surface area contributed by atoms with Crippen molar-refractivity contribution >= 4 is 26.7 Å². The Labute approximate surface area is 131 Å². The molecule has 0 saturated heterocycles. The molecule has 1 aromatic heterocycles. The number of aliphatic hydroxyl groups excluding tert-OH is 1. The van der Waals surface area contributed by atoms with Crippen molar-refractivity contribution < 1.29 is 9.84 Å². The lowest BCUT2D eigenvalue weighted by atomic mass is 9.97. The van der Waals surface area contributed by atoms with Gasteiger partial charge in [-0.05, 0) is 17.5 Å². The molecule has 106 valence electrons. The first-order valence-electron chi connectivity index (χ1n) is 6.55. The largest absolute Gasteiger partial charge is 0.496 e. The molecule has 3 nitrogen and oxygen atoms in total. The van der Waals surface area contributed by atoms with E-state index in [1.165, 1.54) is 0 Å². The third-order valence-electron chi connectivity index (χ3n) is 3.48. The van der Waals surface area contributed by atoms with E-state index in [1.54, 1.807) is 19.5 Å². The number of halogens is 1. The first kappa shape index (κ1) is 14.0. The third kappa shape index (κ3) is 2.64. The summed E-state index contributed by atoms with van der Waals surface area (Å²) in [6.45, 7) is 0. The quantitative estimate of drug-likeness (QED) is 0.778. The second-order valence-corrected chi connectivity index (χ2v) is 5.65. The zero-order valence-electron chi connectivity index (χ0n) is 11.5. The number of ether oxygens (including phenoxy) is 1. The molecule has 0 fully saturated rings. The highest BCUT2D eigenvalue weighted by molar-refractivity contribution is 9.10. The van der Waals surface area contributed by atoms with Crippen LogP contribution in [-0.2, 0) is 0 Å². The number of benzene rings is 2. The van der Waals surface area contributed by atoms with Gasteiger partial charge < -0.3 is 9.84 Å². The molecule has 0 spiro atoms. The van der Waals surface area contributed by atoms with Crippen molar-refractivity contribution in [3.8, 4) is 5.75 Å². The number of hydrogen-bond acceptors (Lipinski definition) is 3. The molecule has 1 N–H and O–H groups in total. The van der Waals surface area contributed by atoms with Crippen LogP contribution in [0.25, 0.3) is 10.8 Å². The molecule has 0 amide bonds. The standard InChI is InChI=1S/C17H14BrNO2/c1-21-16-8-12(18)6-7-14(16)17(20)15-10-19-9-11-4-2-3-5-13(11)15/h2-10,17,20H,1H3. The number of methoxy groups -OCH3 is 1. The van der Waals surface area contributed by atoms with Gasteiger partial charge in [-0.3, -0.25) is 4.98 Å². The van der Waals surface area contributed by atoms with E-state index in [9.17, 15) is 5.11 Å². The number of aromatic nitrogens is 1. The Morgan fingerprint density at radius 3 is 2.71 bits per heavy atom. The molecule has 0 aliphatic carbocycles. The number of aliphatic hydroxyl groups is 1. The lowest BCUT2D eigenvalue weighted by molar-refractivity contribution is 0.216. The van der Waals surface area contributed by atoms with Crippen molar-refractivity contribution in [1.82, 2.24) is 4.98 Å². The molecule has 0 radical (unpaired) electrons. The molecule has 1 unspecified atom stereocenters. The fourth-order valence-electron chi connectivity index (χ4n) is 2.44. The van der Waals surface area contributed by atoms with Crippen LogP contribution in [0.1, 0.15) is 17.2 Å². The number of hydrogen-bond donors (Lipinski definition) is 1. The number of pyridine rings is 1. The zero-order chi connectivity index (χ0) is 14.8. The van der Waals surface area contributed by atoms with Crippen molar-refractivity contribution in [3.63, 3.8) is 0 Å². The summed E-state index contributed by atoms with van der Waals surface area (Å²) in [5.74, 6) is 0.643. The molecule has 0 bridgehead atoms. The van der Waals surface area contributed by atoms with Crippen LogP contribution in [0.3, 0.4) is 0 Å². The normalized spacial score (nSPS) is 12.3. The van der Waals surface area contributed by atoms with E-state index in [1.807, 2.05) is 42.5 Å². The van der Waals surface area contributed by atoms with E-state index in [2.05, 4.69) is 20.9 Å². The smallest absolute Gasteiger partial charge is 0.126 e. The molecule has 3 aromatic rings. The van der Waals surface area contributed by atoms with Gasteiger partial charge in [0.25, 0.3) is 0 Å². The van der Waals surface area contributed by atoms with Gasteiger partial charge in [0.05, 0.1) is 7.11 Å². The minimum Gasteiger partial charge on any atom is -0.496 e. The fourth-order valence-corrected chi connectivity index (χ4v) is 2.78. The predicted octanol–water partition coefficient (Wildman–Crippen LogP) is 4.09. The minimum absolute atomic E-state index is 0.643. The van der Waals surface area contributed by atoms with Gasteiger partial charge in [-0.25, -0.2) is 0 Å². The van der Waals surface area contributed by atoms with Gasteiger partial charge in [0.15, 0.2) is 0 Å². The number of rotatable bonds is 3. The van der Waals surface area contributed by atoms with E-state index in [0.717, 1.165) is 26.4 Å². The van der Waals surface area contributed by atoms with E-state index < -0.39 is 6.10 Å². The topological polar surface area (TPSA) is 42.4 Å². The summed E-state index contributed by atoms with van der Waals surface area (Å²) in [6.07, 6.45) is 2.71. The zero-order valence-corrected chi connectivity index (χ0v) is 13.0. The average Bonchev–Trinajstić information content (AvgIpc) is 2.53. The van der Waals surface area contributed by atoms with Gasteiger partial charge >= 0.3 is 0 Å². The van der Waals surface area contributed by atoms with Crippen LogP contribution in [0, 0.1) is 0 Å². The monoisotopic (exact) mass is 343 g/mol. The Bertz CT molecular complexity index is 783. The minimum atomic E-state index is -0.786. The fraction of sp³-hybridized carbons (Fsp3) is 0.118. The first-order chi connectivity index (χ1) is 10.2. The third-order valence-corrected chi connectivity index (χ3v) is 3.98. The lowest BCUT2D eigenvalue weighted by Crippen LogP contribution is -2.03. The van der Waals surface area contributed by atoms with Gasteiger partial charge in [0, 0.05) is 33.4 Å². The Kier molecular flexibility index (Phi) is 3.90. The summed E-state index contributed by atoms with van der Waals surface area (Å²) >= 11 is 3.41. The van der Waals surface area contributed by atoms with Gasteiger partial charge in [0.2, 0.25) is 0 Å². The van der Waals surface area contributed by atoms with Crippen molar-refractivity contribution in [1.29, 1.82) is 0 Å². The number of nitrogens with zero attached hydrogens (tertiary/aromatic N) is 1. The van der Waals surface area contributed by atoms with Crippen molar-refractivity contribution in [2.75, 3.05) is 7.11 Å². The van der Waals surface area contributed by atoms with E-state index in [0.29, 0.717) is 5.75 Å². The second kappa shape index (κ2) is 5.84. The SMILES string of the molecule is COc1cc(Br)ccc1C(O)c1cncc2ccccc12. The van der Waals surface area contributed by atoms with Crippen molar-refractivity contribution in [3.05, 3.63) is 70.5 Å². The Balaban J connectivity index is 2.15. The average molecular weight is 344 g/mol. The maximum Gasteiger partial charge on any atom is 0.126 e. The summed E-state index contributed by atoms with van der Waals surface area (Å²) in [5, 5.41) is 12.8. The molecular weight excluding hydrogens is 330 g/mol. The lowest BCUT2D eigenvalue weighted by Gasteiger charge is -2.17. The molecule has 21 heavy (non-hydrogen) atoms. The van der Waals surface area contributed by atoms with Gasteiger partial charge in [-0.1, -0.05) is 46.3 Å². The van der Waals surface area contributed by atoms with Crippen LogP contribution in [0.15, 0.2) is 59.3 Å². The summed E-state index contributed by atoms with van der Waals surface area (Å²) in [6, 6.07) is 13.5. The Morgan fingerprint density at radius 2 is 1.90 bits per heavy atom. The van der Waals surface area contributed by atoms with Crippen LogP contribution >= 0.6 is 15.9 Å². The molecular formula is C17H14BrNO2. The van der Waals surface area contributed by atoms with Gasteiger partial charge in [0.1, 0.15) is 11.9 Å². The molecule has 0 saturated carbocycles. The predicted molar refractivity (Wildman–Crippen MR) is 86.5 cm³/mol. The van der Waals surface area contributed by atoms with Crippen molar-refractivity contribution in [2.24, 2.45) is 0 Å². The van der Waals surface area contributed by atoms with E-state index in [-0.39, 0.29) is 0 Å². The van der Waals surface area contributed by atoms with Crippen LogP contribution in [0.4, 0.5) is 0 Å². The highest BCUT2D eigenvalue weighted by Crippen LogP contribution is 2.34.